The molecule has 0 aliphatic heterocycles. The number of hydrogen-bond donors (Lipinski definition) is 0. The molecule has 1 spiro atoms. The van der Waals surface area contributed by atoms with Crippen molar-refractivity contribution in [1.29, 1.82) is 0 Å². The third kappa shape index (κ3) is 1.33. The van der Waals surface area contributed by atoms with Crippen LogP contribution in [0, 0.1) is 34.5 Å². The molecule has 4 aliphatic carbocycles. The van der Waals surface area contributed by atoms with Crippen molar-refractivity contribution < 1.29 is 9.53 Å². The zero-order chi connectivity index (χ0) is 14.0. The van der Waals surface area contributed by atoms with Crippen molar-refractivity contribution in [1.82, 2.24) is 0 Å². The summed E-state index contributed by atoms with van der Waals surface area (Å²) in [7, 11) is 0. The van der Waals surface area contributed by atoms with E-state index in [0.29, 0.717) is 6.61 Å². The monoisotopic (exact) mass is 274 g/mol. The molecular weight excluding hydrogens is 248 g/mol. The van der Waals surface area contributed by atoms with Gasteiger partial charge in [0.1, 0.15) is 0 Å². The van der Waals surface area contributed by atoms with Crippen LogP contribution in [-0.2, 0) is 9.53 Å². The molecule has 0 saturated heterocycles. The van der Waals surface area contributed by atoms with Crippen molar-refractivity contribution in [3.63, 3.8) is 0 Å². The lowest BCUT2D eigenvalue weighted by Crippen LogP contribution is -2.46. The molecule has 0 N–H and O–H groups in total. The van der Waals surface area contributed by atoms with Crippen LogP contribution in [0.4, 0.5) is 0 Å². The van der Waals surface area contributed by atoms with Crippen LogP contribution in [0.3, 0.4) is 0 Å². The summed E-state index contributed by atoms with van der Waals surface area (Å²) in [6, 6.07) is 0. The largest absolute Gasteiger partial charge is 0.465 e. The Balaban J connectivity index is 1.60. The first-order valence-corrected chi connectivity index (χ1v) is 8.46. The molecule has 0 aromatic rings. The highest BCUT2D eigenvalue weighted by Gasteiger charge is 2.75. The summed E-state index contributed by atoms with van der Waals surface area (Å²) < 4.78 is 5.66. The fraction of sp³-hybridized carbons (Fsp3) is 0.833. The Kier molecular flexibility index (Phi) is 2.66. The summed E-state index contributed by atoms with van der Waals surface area (Å²) in [5.74, 6) is 3.31. The highest BCUT2D eigenvalue weighted by Crippen LogP contribution is 2.79. The van der Waals surface area contributed by atoms with Gasteiger partial charge in [0.15, 0.2) is 0 Å². The van der Waals surface area contributed by atoms with E-state index < -0.39 is 0 Å². The molecule has 4 rings (SSSR count). The maximum Gasteiger partial charge on any atom is 0.312 e. The molecule has 20 heavy (non-hydrogen) atoms. The van der Waals surface area contributed by atoms with E-state index in [9.17, 15) is 4.79 Å². The van der Waals surface area contributed by atoms with Crippen molar-refractivity contribution in [2.75, 3.05) is 6.61 Å². The van der Waals surface area contributed by atoms with Gasteiger partial charge in [-0.1, -0.05) is 25.5 Å². The number of ether oxygens (including phenoxy) is 1. The van der Waals surface area contributed by atoms with E-state index in [2.05, 4.69) is 26.0 Å². The van der Waals surface area contributed by atoms with Gasteiger partial charge >= 0.3 is 5.97 Å². The number of carbonyl (C=O) groups is 1. The lowest BCUT2D eigenvalue weighted by Gasteiger charge is -2.44. The predicted octanol–water partition coefficient (Wildman–Crippen LogP) is 3.96. The van der Waals surface area contributed by atoms with Crippen molar-refractivity contribution >= 4 is 5.97 Å². The molecular formula is C18H26O2. The molecule has 6 unspecified atom stereocenters. The van der Waals surface area contributed by atoms with Gasteiger partial charge in [0, 0.05) is 0 Å². The van der Waals surface area contributed by atoms with Gasteiger partial charge < -0.3 is 4.74 Å². The third-order valence-electron chi connectivity index (χ3n) is 7.16. The minimum Gasteiger partial charge on any atom is -0.465 e. The second kappa shape index (κ2) is 4.11. The van der Waals surface area contributed by atoms with E-state index in [1.165, 1.54) is 19.3 Å². The number of unbranched alkanes of at least 4 members (excludes halogenated alkanes) is 1. The standard InChI is InChI=1S/C18H26O2/c1-3-4-8-20-16(19)17(2)9-13-11-18(17)10-12-6-5-7-14(18)15(12)13/h5-6,12-15H,3-4,7-11H2,1-2H3. The second-order valence-electron chi connectivity index (χ2n) is 7.86. The summed E-state index contributed by atoms with van der Waals surface area (Å²) in [6.07, 6.45) is 11.7. The SMILES string of the molecule is CCCCOC(=O)C1(C)CC2CC13CC1C=CCC3C12. The van der Waals surface area contributed by atoms with Crippen molar-refractivity contribution in [3.8, 4) is 0 Å². The number of esters is 1. The van der Waals surface area contributed by atoms with Crippen LogP contribution < -0.4 is 0 Å². The smallest absolute Gasteiger partial charge is 0.312 e. The van der Waals surface area contributed by atoms with Crippen LogP contribution in [0.1, 0.15) is 52.4 Å². The summed E-state index contributed by atoms with van der Waals surface area (Å²) >= 11 is 0. The maximum atomic E-state index is 12.8. The molecule has 3 saturated carbocycles. The highest BCUT2D eigenvalue weighted by atomic mass is 16.5. The quantitative estimate of drug-likeness (QED) is 0.440. The Bertz CT molecular complexity index is 468. The fourth-order valence-corrected chi connectivity index (χ4v) is 6.42. The van der Waals surface area contributed by atoms with Gasteiger partial charge in [-0.05, 0) is 68.1 Å². The molecule has 2 heteroatoms. The molecule has 6 atom stereocenters. The van der Waals surface area contributed by atoms with Crippen LogP contribution in [0.2, 0.25) is 0 Å². The molecule has 0 heterocycles. The molecule has 4 aliphatic rings. The molecule has 0 amide bonds. The second-order valence-corrected chi connectivity index (χ2v) is 7.86. The average Bonchev–Trinajstić information content (AvgIpc) is 2.94. The first kappa shape index (κ1) is 12.9. The Morgan fingerprint density at radius 2 is 2.20 bits per heavy atom. The maximum absolute atomic E-state index is 12.8. The predicted molar refractivity (Wildman–Crippen MR) is 78.0 cm³/mol. The molecule has 0 aromatic heterocycles. The van der Waals surface area contributed by atoms with Crippen LogP contribution >= 0.6 is 0 Å². The Labute approximate surface area is 122 Å². The Morgan fingerprint density at radius 1 is 1.35 bits per heavy atom. The lowest BCUT2D eigenvalue weighted by atomic mass is 9.59. The summed E-state index contributed by atoms with van der Waals surface area (Å²) in [4.78, 5) is 12.8. The van der Waals surface area contributed by atoms with Gasteiger partial charge in [-0.15, -0.1) is 0 Å². The number of carbonyl (C=O) groups excluding carboxylic acids is 1. The molecule has 3 fully saturated rings. The van der Waals surface area contributed by atoms with Crippen LogP contribution in [-0.4, -0.2) is 12.6 Å². The molecule has 5 bridgehead atoms. The Morgan fingerprint density at radius 3 is 3.00 bits per heavy atom. The number of rotatable bonds is 4. The van der Waals surface area contributed by atoms with E-state index in [-0.39, 0.29) is 16.8 Å². The number of hydrogen-bond acceptors (Lipinski definition) is 2. The summed E-state index contributed by atoms with van der Waals surface area (Å²) in [6.45, 7) is 4.97. The van der Waals surface area contributed by atoms with Gasteiger partial charge in [0.2, 0.25) is 0 Å². The minimum absolute atomic E-state index is 0.111. The van der Waals surface area contributed by atoms with Crippen LogP contribution in [0.5, 0.6) is 0 Å². The van der Waals surface area contributed by atoms with Gasteiger partial charge in [-0.25, -0.2) is 0 Å². The van der Waals surface area contributed by atoms with E-state index in [0.717, 1.165) is 42.9 Å². The van der Waals surface area contributed by atoms with Gasteiger partial charge in [-0.2, -0.15) is 0 Å². The minimum atomic E-state index is -0.201. The number of allylic oxidation sites excluding steroid dienone is 2. The topological polar surface area (TPSA) is 26.3 Å². The average molecular weight is 274 g/mol. The number of fused-ring (bicyclic) bond motifs is 1. The van der Waals surface area contributed by atoms with Crippen molar-refractivity contribution in [2.45, 2.75) is 52.4 Å². The van der Waals surface area contributed by atoms with Crippen molar-refractivity contribution in [3.05, 3.63) is 12.2 Å². The van der Waals surface area contributed by atoms with Gasteiger partial charge in [0.05, 0.1) is 12.0 Å². The molecule has 110 valence electrons. The van der Waals surface area contributed by atoms with Crippen molar-refractivity contribution in [2.24, 2.45) is 34.5 Å². The first-order chi connectivity index (χ1) is 9.62. The zero-order valence-corrected chi connectivity index (χ0v) is 12.7. The fourth-order valence-electron chi connectivity index (χ4n) is 6.42. The Hall–Kier alpha value is -0.790. The van der Waals surface area contributed by atoms with E-state index in [4.69, 9.17) is 4.74 Å². The first-order valence-electron chi connectivity index (χ1n) is 8.46. The lowest BCUT2D eigenvalue weighted by molar-refractivity contribution is -0.165. The molecule has 0 radical (unpaired) electrons. The van der Waals surface area contributed by atoms with E-state index in [1.807, 2.05) is 0 Å². The highest BCUT2D eigenvalue weighted by molar-refractivity contribution is 5.79. The molecule has 2 nitrogen and oxygen atoms in total. The normalized spacial score (nSPS) is 50.7. The summed E-state index contributed by atoms with van der Waals surface area (Å²) in [5, 5.41) is 0. The van der Waals surface area contributed by atoms with Gasteiger partial charge in [0.25, 0.3) is 0 Å². The summed E-state index contributed by atoms with van der Waals surface area (Å²) in [5.41, 5.74) is 0.0626. The third-order valence-corrected chi connectivity index (χ3v) is 7.16. The van der Waals surface area contributed by atoms with Gasteiger partial charge in [-0.3, -0.25) is 4.79 Å². The van der Waals surface area contributed by atoms with Crippen LogP contribution in [0.25, 0.3) is 0 Å². The van der Waals surface area contributed by atoms with E-state index in [1.54, 1.807) is 0 Å². The van der Waals surface area contributed by atoms with Crippen LogP contribution in [0.15, 0.2) is 12.2 Å². The van der Waals surface area contributed by atoms with E-state index >= 15 is 0 Å². The zero-order valence-electron chi connectivity index (χ0n) is 12.7. The molecule has 0 aromatic carbocycles.